The van der Waals surface area contributed by atoms with Gasteiger partial charge in [0.2, 0.25) is 5.96 Å². The lowest BCUT2D eigenvalue weighted by Crippen LogP contribution is -2.36. The van der Waals surface area contributed by atoms with Crippen molar-refractivity contribution in [3.05, 3.63) is 41.1 Å². The summed E-state index contributed by atoms with van der Waals surface area (Å²) < 4.78 is 4.80. The van der Waals surface area contributed by atoms with Crippen molar-refractivity contribution < 1.29 is 9.53 Å². The number of esters is 1. The van der Waals surface area contributed by atoms with Crippen LogP contribution in [0.25, 0.3) is 0 Å². The Kier molecular flexibility index (Phi) is 5.39. The van der Waals surface area contributed by atoms with Crippen LogP contribution in [0.3, 0.4) is 0 Å². The lowest BCUT2D eigenvalue weighted by atomic mass is 10.3. The van der Waals surface area contributed by atoms with E-state index >= 15 is 0 Å². The Morgan fingerprint density at radius 1 is 1.55 bits per heavy atom. The molecule has 0 amide bonds. The third-order valence-corrected chi connectivity index (χ3v) is 3.19. The zero-order valence-electron chi connectivity index (χ0n) is 12.0. The third kappa shape index (κ3) is 3.77. The molecule has 0 aliphatic carbocycles. The van der Waals surface area contributed by atoms with E-state index in [0.717, 1.165) is 5.69 Å². The molecule has 6 nitrogen and oxygen atoms in total. The van der Waals surface area contributed by atoms with Crippen LogP contribution < -0.4 is 10.2 Å². The van der Waals surface area contributed by atoms with Crippen molar-refractivity contribution >= 4 is 29.2 Å². The van der Waals surface area contributed by atoms with Gasteiger partial charge in [0.15, 0.2) is 5.57 Å². The number of halogens is 1. The molecule has 1 aromatic carbocycles. The van der Waals surface area contributed by atoms with Crippen LogP contribution in [0.5, 0.6) is 0 Å². The Balaban J connectivity index is 2.10. The van der Waals surface area contributed by atoms with E-state index in [1.807, 2.05) is 17.0 Å². The van der Waals surface area contributed by atoms with E-state index in [1.54, 1.807) is 25.1 Å². The first kappa shape index (κ1) is 15.9. The molecule has 0 spiro atoms. The molecule has 22 heavy (non-hydrogen) atoms. The number of aliphatic imine (C=N–C) groups is 1. The van der Waals surface area contributed by atoms with E-state index in [0.29, 0.717) is 24.1 Å². The number of benzene rings is 1. The first-order chi connectivity index (χ1) is 10.7. The number of hydrogen-bond acceptors (Lipinski definition) is 6. The predicted octanol–water partition coefficient (Wildman–Crippen LogP) is 2.08. The molecule has 0 unspecified atom stereocenters. The van der Waals surface area contributed by atoms with Gasteiger partial charge in [0, 0.05) is 23.5 Å². The Hall–Kier alpha value is -2.52. The fraction of sp³-hybridized carbons (Fsp3) is 0.267. The summed E-state index contributed by atoms with van der Waals surface area (Å²) in [4.78, 5) is 17.8. The van der Waals surface area contributed by atoms with Crippen LogP contribution in [0.2, 0.25) is 5.02 Å². The molecule has 7 heteroatoms. The Bertz CT molecular complexity index is 647. The minimum Gasteiger partial charge on any atom is -0.462 e. The number of nitriles is 1. The highest BCUT2D eigenvalue weighted by Crippen LogP contribution is 2.19. The van der Waals surface area contributed by atoms with Gasteiger partial charge in [-0.25, -0.2) is 4.79 Å². The van der Waals surface area contributed by atoms with E-state index in [1.165, 1.54) is 6.20 Å². The predicted molar refractivity (Wildman–Crippen MR) is 84.6 cm³/mol. The summed E-state index contributed by atoms with van der Waals surface area (Å²) in [7, 11) is 0. The monoisotopic (exact) mass is 318 g/mol. The van der Waals surface area contributed by atoms with Crippen LogP contribution in [0.4, 0.5) is 5.69 Å². The minimum atomic E-state index is -0.658. The van der Waals surface area contributed by atoms with Gasteiger partial charge < -0.3 is 15.0 Å². The van der Waals surface area contributed by atoms with E-state index < -0.39 is 5.97 Å². The molecular weight excluding hydrogens is 304 g/mol. The Labute approximate surface area is 133 Å². The molecule has 0 radical (unpaired) electrons. The average Bonchev–Trinajstić information content (AvgIpc) is 2.97. The average molecular weight is 319 g/mol. The zero-order chi connectivity index (χ0) is 15.9. The maximum atomic E-state index is 11.5. The molecule has 0 aromatic heterocycles. The highest BCUT2D eigenvalue weighted by atomic mass is 35.5. The molecule has 114 valence electrons. The van der Waals surface area contributed by atoms with E-state index in [9.17, 15) is 4.79 Å². The maximum absolute atomic E-state index is 11.5. The van der Waals surface area contributed by atoms with Gasteiger partial charge in [-0.15, -0.1) is 0 Å². The number of anilines is 1. The lowest BCUT2D eigenvalue weighted by molar-refractivity contribution is -0.138. The van der Waals surface area contributed by atoms with Crippen molar-refractivity contribution in [1.82, 2.24) is 5.32 Å². The van der Waals surface area contributed by atoms with Crippen LogP contribution >= 0.6 is 11.6 Å². The van der Waals surface area contributed by atoms with Gasteiger partial charge in [-0.1, -0.05) is 11.6 Å². The van der Waals surface area contributed by atoms with Crippen molar-refractivity contribution in [1.29, 1.82) is 5.26 Å². The highest BCUT2D eigenvalue weighted by molar-refractivity contribution is 6.30. The van der Waals surface area contributed by atoms with Crippen LogP contribution in [0.15, 0.2) is 41.0 Å². The normalized spacial score (nSPS) is 14.3. The van der Waals surface area contributed by atoms with Gasteiger partial charge in [0.1, 0.15) is 6.07 Å². The molecule has 0 atom stereocenters. The fourth-order valence-electron chi connectivity index (χ4n) is 1.93. The molecule has 2 rings (SSSR count). The Morgan fingerprint density at radius 2 is 2.27 bits per heavy atom. The number of carbonyl (C=O) groups is 1. The fourth-order valence-corrected chi connectivity index (χ4v) is 2.05. The van der Waals surface area contributed by atoms with Gasteiger partial charge in [-0.3, -0.25) is 4.99 Å². The number of rotatable bonds is 4. The molecule has 0 fully saturated rings. The number of hydrogen-bond donors (Lipinski definition) is 1. The largest absolute Gasteiger partial charge is 0.462 e. The second-order valence-corrected chi connectivity index (χ2v) is 4.80. The van der Waals surface area contributed by atoms with Crippen LogP contribution in [0, 0.1) is 11.3 Å². The van der Waals surface area contributed by atoms with Crippen molar-refractivity contribution in [2.45, 2.75) is 6.92 Å². The molecule has 1 heterocycles. The molecule has 0 bridgehead atoms. The number of guanidine groups is 1. The summed E-state index contributed by atoms with van der Waals surface area (Å²) in [6.45, 7) is 3.23. The van der Waals surface area contributed by atoms with Gasteiger partial charge >= 0.3 is 5.97 Å². The third-order valence-electron chi connectivity index (χ3n) is 2.94. The summed E-state index contributed by atoms with van der Waals surface area (Å²) >= 11 is 5.88. The highest BCUT2D eigenvalue weighted by Gasteiger charge is 2.18. The number of ether oxygens (including phenoxy) is 1. The molecule has 1 aliphatic rings. The Morgan fingerprint density at radius 3 is 2.91 bits per heavy atom. The van der Waals surface area contributed by atoms with Gasteiger partial charge in [-0.05, 0) is 31.2 Å². The summed E-state index contributed by atoms with van der Waals surface area (Å²) in [5.74, 6) is -0.0893. The van der Waals surface area contributed by atoms with Gasteiger partial charge in [0.05, 0.1) is 13.2 Å². The maximum Gasteiger partial charge on any atom is 0.350 e. The van der Waals surface area contributed by atoms with Gasteiger partial charge in [-0.2, -0.15) is 5.26 Å². The topological polar surface area (TPSA) is 77.7 Å². The zero-order valence-corrected chi connectivity index (χ0v) is 12.8. The second-order valence-electron chi connectivity index (χ2n) is 4.37. The van der Waals surface area contributed by atoms with Gasteiger partial charge in [0.25, 0.3) is 0 Å². The molecule has 1 N–H and O–H groups in total. The first-order valence-corrected chi connectivity index (χ1v) is 7.15. The summed E-state index contributed by atoms with van der Waals surface area (Å²) in [5, 5.41) is 12.5. The number of nitrogens with zero attached hydrogens (tertiary/aromatic N) is 3. The van der Waals surface area contributed by atoms with Crippen LogP contribution in [-0.4, -0.2) is 31.6 Å². The van der Waals surface area contributed by atoms with Crippen molar-refractivity contribution in [2.24, 2.45) is 4.99 Å². The van der Waals surface area contributed by atoms with Crippen LogP contribution in [-0.2, 0) is 9.53 Å². The molecule has 0 saturated carbocycles. The quantitative estimate of drug-likeness (QED) is 0.522. The first-order valence-electron chi connectivity index (χ1n) is 6.77. The van der Waals surface area contributed by atoms with Crippen molar-refractivity contribution in [3.63, 3.8) is 0 Å². The number of nitrogens with one attached hydrogen (secondary N) is 1. The smallest absolute Gasteiger partial charge is 0.350 e. The minimum absolute atomic E-state index is 0.104. The van der Waals surface area contributed by atoms with E-state index in [4.69, 9.17) is 21.6 Å². The van der Waals surface area contributed by atoms with E-state index in [-0.39, 0.29) is 12.2 Å². The summed E-state index contributed by atoms with van der Waals surface area (Å²) in [6.07, 6.45) is 1.31. The van der Waals surface area contributed by atoms with Crippen molar-refractivity contribution in [2.75, 3.05) is 24.6 Å². The molecule has 0 saturated heterocycles. The SMILES string of the molecule is CCOC(=O)/C(C#N)=C/NC1=NCCN1c1ccc(Cl)cc1. The van der Waals surface area contributed by atoms with Crippen molar-refractivity contribution in [3.8, 4) is 6.07 Å². The summed E-state index contributed by atoms with van der Waals surface area (Å²) in [5.41, 5.74) is 0.823. The number of carbonyl (C=O) groups excluding carboxylic acids is 1. The van der Waals surface area contributed by atoms with E-state index in [2.05, 4.69) is 10.3 Å². The second kappa shape index (κ2) is 7.48. The van der Waals surface area contributed by atoms with Crippen LogP contribution in [0.1, 0.15) is 6.92 Å². The molecule has 1 aliphatic heterocycles. The standard InChI is InChI=1S/C15H15ClN4O2/c1-2-22-14(21)11(9-17)10-19-15-18-7-8-20(15)13-5-3-12(16)4-6-13/h3-6,10H,2,7-8H2,1H3,(H,18,19)/b11-10+. The molecular formula is C15H15ClN4O2. The molecule has 1 aromatic rings. The lowest BCUT2D eigenvalue weighted by Gasteiger charge is -2.20. The summed E-state index contributed by atoms with van der Waals surface area (Å²) in [6, 6.07) is 9.15.